The van der Waals surface area contributed by atoms with E-state index >= 15 is 0 Å². The summed E-state index contributed by atoms with van der Waals surface area (Å²) in [7, 11) is 0. The summed E-state index contributed by atoms with van der Waals surface area (Å²) in [5.74, 6) is 0. The number of benzene rings is 4. The van der Waals surface area contributed by atoms with E-state index in [2.05, 4.69) is 107 Å². The quantitative estimate of drug-likeness (QED) is 0.332. The molecule has 0 aliphatic rings. The van der Waals surface area contributed by atoms with E-state index in [4.69, 9.17) is 0 Å². The van der Waals surface area contributed by atoms with Crippen molar-refractivity contribution in [1.29, 1.82) is 0 Å². The van der Waals surface area contributed by atoms with E-state index in [9.17, 15) is 0 Å². The molecule has 0 bridgehead atoms. The summed E-state index contributed by atoms with van der Waals surface area (Å²) in [6, 6.07) is 28.3. The first-order chi connectivity index (χ1) is 12.8. The van der Waals surface area contributed by atoms with Gasteiger partial charge in [-0.15, -0.1) is 0 Å². The lowest BCUT2D eigenvalue weighted by Gasteiger charge is -2.23. The van der Waals surface area contributed by atoms with Crippen molar-refractivity contribution in [2.24, 2.45) is 0 Å². The van der Waals surface area contributed by atoms with Crippen LogP contribution in [0.1, 0.15) is 18.1 Å². The molecule has 0 aromatic heterocycles. The van der Waals surface area contributed by atoms with E-state index in [0.717, 1.165) is 19.6 Å². The molecule has 1 nitrogen and oxygen atoms in total. The summed E-state index contributed by atoms with van der Waals surface area (Å²) in [5, 5.41) is 5.35. The third-order valence-corrected chi connectivity index (χ3v) is 5.84. The van der Waals surface area contributed by atoms with Gasteiger partial charge in [-0.05, 0) is 51.3 Å². The topological polar surface area (TPSA) is 3.24 Å². The number of hydrogen-bond donors (Lipinski definition) is 0. The molecule has 0 aliphatic carbocycles. The van der Waals surface area contributed by atoms with E-state index in [1.54, 1.807) is 0 Å². The Morgan fingerprint density at radius 3 is 1.92 bits per heavy atom. The van der Waals surface area contributed by atoms with Crippen molar-refractivity contribution < 1.29 is 0 Å². The minimum Gasteiger partial charge on any atom is -0.295 e. The second kappa shape index (κ2) is 7.61. The molecule has 0 spiro atoms. The third kappa shape index (κ3) is 3.40. The van der Waals surface area contributed by atoms with Gasteiger partial charge in [-0.3, -0.25) is 4.90 Å². The van der Waals surface area contributed by atoms with Crippen LogP contribution in [0.15, 0.2) is 83.3 Å². The molecule has 130 valence electrons. The number of nitrogens with zero attached hydrogens (tertiary/aromatic N) is 1. The Morgan fingerprint density at radius 1 is 0.731 bits per heavy atom. The lowest BCUT2D eigenvalue weighted by atomic mass is 9.96. The molecular weight excluding hydrogens is 382 g/mol. The molecule has 0 N–H and O–H groups in total. The van der Waals surface area contributed by atoms with Gasteiger partial charge >= 0.3 is 0 Å². The van der Waals surface area contributed by atoms with E-state index in [0.29, 0.717) is 0 Å². The molecule has 2 heteroatoms. The predicted molar refractivity (Wildman–Crippen MR) is 115 cm³/mol. The number of rotatable bonds is 5. The molecule has 4 rings (SSSR count). The Hall–Kier alpha value is -2.16. The summed E-state index contributed by atoms with van der Waals surface area (Å²) < 4.78 is 1.18. The highest BCUT2D eigenvalue weighted by atomic mass is 79.9. The molecule has 0 amide bonds. The van der Waals surface area contributed by atoms with Crippen LogP contribution in [-0.2, 0) is 13.1 Å². The number of fused-ring (bicyclic) bond motifs is 2. The van der Waals surface area contributed by atoms with Crippen LogP contribution in [0.4, 0.5) is 0 Å². The Balaban J connectivity index is 1.78. The first-order valence-electron chi connectivity index (χ1n) is 9.11. The predicted octanol–water partition coefficient (Wildman–Crippen LogP) is 6.78. The van der Waals surface area contributed by atoms with Gasteiger partial charge in [0.15, 0.2) is 0 Å². The van der Waals surface area contributed by atoms with Gasteiger partial charge in [0.2, 0.25) is 0 Å². The molecule has 4 aromatic rings. The molecule has 26 heavy (non-hydrogen) atoms. The van der Waals surface area contributed by atoms with Crippen molar-refractivity contribution in [2.45, 2.75) is 20.0 Å². The van der Waals surface area contributed by atoms with Crippen molar-refractivity contribution >= 4 is 37.5 Å². The smallest absolute Gasteiger partial charge is 0.0249 e. The lowest BCUT2D eigenvalue weighted by molar-refractivity contribution is 0.273. The average Bonchev–Trinajstić information content (AvgIpc) is 2.68. The molecule has 0 aliphatic heterocycles. The minimum atomic E-state index is 0.940. The molecule has 0 fully saturated rings. The zero-order valence-corrected chi connectivity index (χ0v) is 16.5. The van der Waals surface area contributed by atoms with Gasteiger partial charge in [-0.1, -0.05) is 89.6 Å². The molecule has 0 atom stereocenters. The van der Waals surface area contributed by atoms with Gasteiger partial charge in [-0.2, -0.15) is 0 Å². The van der Waals surface area contributed by atoms with Crippen LogP contribution in [0.3, 0.4) is 0 Å². The SMILES string of the molecule is CCN(Cc1ccccc1Br)Cc1c2ccccc2cc2ccccc12. The zero-order chi connectivity index (χ0) is 17.9. The van der Waals surface area contributed by atoms with Gasteiger partial charge < -0.3 is 0 Å². The van der Waals surface area contributed by atoms with E-state index in [1.807, 2.05) is 0 Å². The Kier molecular flexibility index (Phi) is 5.05. The van der Waals surface area contributed by atoms with Crippen LogP contribution in [-0.4, -0.2) is 11.4 Å². The summed E-state index contributed by atoms with van der Waals surface area (Å²) in [4.78, 5) is 2.51. The van der Waals surface area contributed by atoms with Crippen molar-refractivity contribution in [2.75, 3.05) is 6.54 Å². The van der Waals surface area contributed by atoms with Crippen molar-refractivity contribution in [3.63, 3.8) is 0 Å². The molecule has 4 aromatic carbocycles. The number of hydrogen-bond acceptors (Lipinski definition) is 1. The second-order valence-corrected chi connectivity index (χ2v) is 7.55. The Bertz CT molecular complexity index is 1000. The molecule has 0 unspecified atom stereocenters. The fourth-order valence-corrected chi connectivity index (χ4v) is 4.06. The maximum Gasteiger partial charge on any atom is 0.0249 e. The van der Waals surface area contributed by atoms with E-state index < -0.39 is 0 Å². The standard InChI is InChI=1S/C24H22BrN/c1-2-26(16-20-11-5-8-14-24(20)25)17-23-21-12-6-3-9-18(21)15-19-10-4-7-13-22(19)23/h3-15H,2,16-17H2,1H3. The maximum atomic E-state index is 3.69. The Morgan fingerprint density at radius 2 is 1.31 bits per heavy atom. The first-order valence-corrected chi connectivity index (χ1v) is 9.90. The van der Waals surface area contributed by atoms with E-state index in [-0.39, 0.29) is 0 Å². The number of halogens is 1. The summed E-state index contributed by atoms with van der Waals surface area (Å²) in [5.41, 5.74) is 2.76. The minimum absolute atomic E-state index is 0.940. The maximum absolute atomic E-state index is 3.69. The van der Waals surface area contributed by atoms with Crippen LogP contribution in [0.5, 0.6) is 0 Å². The van der Waals surface area contributed by atoms with Crippen molar-refractivity contribution in [3.8, 4) is 0 Å². The highest BCUT2D eigenvalue weighted by Crippen LogP contribution is 2.30. The van der Waals surface area contributed by atoms with Crippen LogP contribution >= 0.6 is 15.9 Å². The lowest BCUT2D eigenvalue weighted by Crippen LogP contribution is -2.22. The van der Waals surface area contributed by atoms with Gasteiger partial charge in [0.1, 0.15) is 0 Å². The normalized spacial score (nSPS) is 11.5. The van der Waals surface area contributed by atoms with Crippen LogP contribution < -0.4 is 0 Å². The van der Waals surface area contributed by atoms with Crippen molar-refractivity contribution in [1.82, 2.24) is 4.90 Å². The van der Waals surface area contributed by atoms with Gasteiger partial charge in [0.25, 0.3) is 0 Å². The second-order valence-electron chi connectivity index (χ2n) is 6.69. The third-order valence-electron chi connectivity index (χ3n) is 5.06. The molecule has 0 saturated carbocycles. The van der Waals surface area contributed by atoms with Crippen LogP contribution in [0, 0.1) is 0 Å². The van der Waals surface area contributed by atoms with Crippen LogP contribution in [0.2, 0.25) is 0 Å². The van der Waals surface area contributed by atoms with E-state index in [1.165, 1.54) is 37.1 Å². The van der Waals surface area contributed by atoms with Gasteiger partial charge in [-0.25, -0.2) is 0 Å². The summed E-state index contributed by atoms with van der Waals surface area (Å²) in [6.07, 6.45) is 0. The summed E-state index contributed by atoms with van der Waals surface area (Å²) in [6.45, 7) is 5.14. The Labute approximate surface area is 163 Å². The van der Waals surface area contributed by atoms with Crippen molar-refractivity contribution in [3.05, 3.63) is 94.5 Å². The molecular formula is C24H22BrN. The highest BCUT2D eigenvalue weighted by molar-refractivity contribution is 9.10. The summed E-state index contributed by atoms with van der Waals surface area (Å²) >= 11 is 3.69. The average molecular weight is 404 g/mol. The monoisotopic (exact) mass is 403 g/mol. The first kappa shape index (κ1) is 17.3. The molecule has 0 radical (unpaired) electrons. The zero-order valence-electron chi connectivity index (χ0n) is 15.0. The van der Waals surface area contributed by atoms with Gasteiger partial charge in [0.05, 0.1) is 0 Å². The fourth-order valence-electron chi connectivity index (χ4n) is 3.65. The molecule has 0 saturated heterocycles. The fraction of sp³-hybridized carbons (Fsp3) is 0.167. The molecule has 0 heterocycles. The van der Waals surface area contributed by atoms with Crippen LogP contribution in [0.25, 0.3) is 21.5 Å². The largest absolute Gasteiger partial charge is 0.295 e. The highest BCUT2D eigenvalue weighted by Gasteiger charge is 2.12. The van der Waals surface area contributed by atoms with Gasteiger partial charge in [0, 0.05) is 17.6 Å².